The first-order chi connectivity index (χ1) is 9.13. The lowest BCUT2D eigenvalue weighted by atomic mass is 10.2. The highest BCUT2D eigenvalue weighted by atomic mass is 35.5. The molecule has 96 valence electrons. The van der Waals surface area contributed by atoms with Gasteiger partial charge in [0.25, 0.3) is 6.01 Å². The van der Waals surface area contributed by atoms with Crippen LogP contribution in [-0.4, -0.2) is 4.98 Å². The minimum atomic E-state index is 0.401. The van der Waals surface area contributed by atoms with Crippen molar-refractivity contribution in [2.45, 2.75) is 6.92 Å². The topological polar surface area (TPSA) is 64.1 Å². The Morgan fingerprint density at radius 1 is 1.26 bits per heavy atom. The Bertz CT molecular complexity index is 752. The van der Waals surface area contributed by atoms with Crippen LogP contribution < -0.4 is 11.1 Å². The summed E-state index contributed by atoms with van der Waals surface area (Å²) in [6, 6.07) is 11.5. The van der Waals surface area contributed by atoms with Crippen molar-refractivity contribution in [1.82, 2.24) is 4.98 Å². The van der Waals surface area contributed by atoms with Gasteiger partial charge < -0.3 is 15.5 Å². The molecule has 0 aliphatic carbocycles. The number of para-hydroxylation sites is 1. The van der Waals surface area contributed by atoms with Crippen LogP contribution in [0, 0.1) is 6.92 Å². The highest BCUT2D eigenvalue weighted by molar-refractivity contribution is 6.30. The number of anilines is 3. The van der Waals surface area contributed by atoms with Gasteiger partial charge in [0.05, 0.1) is 5.69 Å². The number of aryl methyl sites for hydroxylation is 1. The van der Waals surface area contributed by atoms with E-state index in [1.165, 1.54) is 0 Å². The summed E-state index contributed by atoms with van der Waals surface area (Å²) >= 11 is 5.98. The molecule has 0 unspecified atom stereocenters. The lowest BCUT2D eigenvalue weighted by Crippen LogP contribution is -1.93. The normalized spacial score (nSPS) is 10.8. The molecule has 3 aromatic rings. The molecule has 19 heavy (non-hydrogen) atoms. The number of oxazole rings is 1. The smallest absolute Gasteiger partial charge is 0.300 e. The molecule has 1 aromatic heterocycles. The number of aromatic nitrogens is 1. The van der Waals surface area contributed by atoms with Crippen molar-refractivity contribution < 1.29 is 4.42 Å². The Kier molecular flexibility index (Phi) is 2.80. The highest BCUT2D eigenvalue weighted by Crippen LogP contribution is 2.28. The van der Waals surface area contributed by atoms with Gasteiger partial charge >= 0.3 is 0 Å². The van der Waals surface area contributed by atoms with Crippen LogP contribution in [0.3, 0.4) is 0 Å². The summed E-state index contributed by atoms with van der Waals surface area (Å²) in [4.78, 5) is 4.33. The molecule has 2 aromatic carbocycles. The van der Waals surface area contributed by atoms with E-state index in [1.807, 2.05) is 37.3 Å². The SMILES string of the molecule is Cc1ccc(Cl)cc1Nc1nc2c(N)cccc2o1. The van der Waals surface area contributed by atoms with Crippen molar-refractivity contribution in [2.75, 3.05) is 11.1 Å². The Morgan fingerprint density at radius 2 is 2.11 bits per heavy atom. The van der Waals surface area contributed by atoms with Crippen LogP contribution in [0.1, 0.15) is 5.56 Å². The van der Waals surface area contributed by atoms with Gasteiger partial charge in [-0.25, -0.2) is 0 Å². The first-order valence-corrected chi connectivity index (χ1v) is 6.19. The number of nitrogens with one attached hydrogen (secondary N) is 1. The second kappa shape index (κ2) is 4.48. The minimum Gasteiger partial charge on any atom is -0.423 e. The van der Waals surface area contributed by atoms with Crippen molar-refractivity contribution in [3.63, 3.8) is 0 Å². The lowest BCUT2D eigenvalue weighted by molar-refractivity contribution is 0.623. The zero-order valence-corrected chi connectivity index (χ0v) is 11.0. The van der Waals surface area contributed by atoms with Crippen molar-refractivity contribution in [2.24, 2.45) is 0 Å². The highest BCUT2D eigenvalue weighted by Gasteiger charge is 2.09. The van der Waals surface area contributed by atoms with Gasteiger partial charge in [0.2, 0.25) is 0 Å². The quantitative estimate of drug-likeness (QED) is 0.690. The third-order valence-electron chi connectivity index (χ3n) is 2.89. The number of fused-ring (bicyclic) bond motifs is 1. The van der Waals surface area contributed by atoms with E-state index in [0.29, 0.717) is 27.8 Å². The van der Waals surface area contributed by atoms with Gasteiger partial charge in [0.15, 0.2) is 5.58 Å². The molecule has 0 saturated carbocycles. The van der Waals surface area contributed by atoms with E-state index in [4.69, 9.17) is 21.8 Å². The summed E-state index contributed by atoms with van der Waals surface area (Å²) in [5.74, 6) is 0. The van der Waals surface area contributed by atoms with Crippen LogP contribution in [0.25, 0.3) is 11.1 Å². The summed E-state index contributed by atoms with van der Waals surface area (Å²) in [6.07, 6.45) is 0. The number of halogens is 1. The Hall–Kier alpha value is -2.20. The standard InChI is InChI=1S/C14H12ClN3O/c1-8-5-6-9(15)7-11(8)17-14-18-13-10(16)3-2-4-12(13)19-14/h2-7H,16H2,1H3,(H,17,18). The molecule has 4 nitrogen and oxygen atoms in total. The van der Waals surface area contributed by atoms with Gasteiger partial charge in [-0.1, -0.05) is 23.7 Å². The van der Waals surface area contributed by atoms with Crippen LogP contribution >= 0.6 is 11.6 Å². The third kappa shape index (κ3) is 2.22. The summed E-state index contributed by atoms with van der Waals surface area (Å²) < 4.78 is 5.60. The van der Waals surface area contributed by atoms with Crippen molar-refractivity contribution in [3.8, 4) is 0 Å². The van der Waals surface area contributed by atoms with E-state index in [2.05, 4.69) is 10.3 Å². The predicted octanol–water partition coefficient (Wildman–Crippen LogP) is 4.12. The molecule has 0 atom stereocenters. The van der Waals surface area contributed by atoms with Crippen molar-refractivity contribution in [3.05, 3.63) is 47.0 Å². The van der Waals surface area contributed by atoms with E-state index >= 15 is 0 Å². The number of nitrogens with zero attached hydrogens (tertiary/aromatic N) is 1. The Morgan fingerprint density at radius 3 is 2.89 bits per heavy atom. The van der Waals surface area contributed by atoms with Crippen LogP contribution in [0.2, 0.25) is 5.02 Å². The zero-order chi connectivity index (χ0) is 13.4. The fourth-order valence-electron chi connectivity index (χ4n) is 1.87. The van der Waals surface area contributed by atoms with Crippen LogP contribution in [0.15, 0.2) is 40.8 Å². The molecule has 0 aliphatic heterocycles. The molecule has 0 fully saturated rings. The van der Waals surface area contributed by atoms with E-state index in [0.717, 1.165) is 11.3 Å². The molecule has 0 aliphatic rings. The molecule has 0 spiro atoms. The van der Waals surface area contributed by atoms with Gasteiger partial charge in [-0.3, -0.25) is 0 Å². The molecule has 3 N–H and O–H groups in total. The molecule has 0 saturated heterocycles. The first-order valence-electron chi connectivity index (χ1n) is 5.82. The van der Waals surface area contributed by atoms with Crippen molar-refractivity contribution >= 4 is 40.1 Å². The summed E-state index contributed by atoms with van der Waals surface area (Å²) in [5, 5.41) is 3.77. The zero-order valence-electron chi connectivity index (χ0n) is 10.3. The molecule has 0 bridgehead atoms. The average Bonchev–Trinajstić information content (AvgIpc) is 2.78. The molecule has 0 amide bonds. The average molecular weight is 274 g/mol. The van der Waals surface area contributed by atoms with Crippen LogP contribution in [0.5, 0.6) is 0 Å². The van der Waals surface area contributed by atoms with Gasteiger partial charge in [-0.05, 0) is 36.8 Å². The van der Waals surface area contributed by atoms with Gasteiger partial charge in [0, 0.05) is 10.7 Å². The number of benzene rings is 2. The first kappa shape index (κ1) is 11.9. The van der Waals surface area contributed by atoms with Crippen LogP contribution in [0.4, 0.5) is 17.4 Å². The molecule has 3 rings (SSSR count). The minimum absolute atomic E-state index is 0.401. The summed E-state index contributed by atoms with van der Waals surface area (Å²) in [7, 11) is 0. The van der Waals surface area contributed by atoms with E-state index in [-0.39, 0.29) is 0 Å². The summed E-state index contributed by atoms with van der Waals surface area (Å²) in [5.41, 5.74) is 9.67. The van der Waals surface area contributed by atoms with E-state index in [1.54, 1.807) is 6.07 Å². The predicted molar refractivity (Wildman–Crippen MR) is 77.9 cm³/mol. The number of rotatable bonds is 2. The molecular weight excluding hydrogens is 262 g/mol. The molecule has 0 radical (unpaired) electrons. The maximum atomic E-state index is 5.98. The monoisotopic (exact) mass is 273 g/mol. The number of hydrogen-bond acceptors (Lipinski definition) is 4. The van der Waals surface area contributed by atoms with Crippen molar-refractivity contribution in [1.29, 1.82) is 0 Å². The van der Waals surface area contributed by atoms with E-state index in [9.17, 15) is 0 Å². The van der Waals surface area contributed by atoms with Gasteiger partial charge in [-0.15, -0.1) is 0 Å². The second-order valence-corrected chi connectivity index (χ2v) is 4.73. The Labute approximate surface area is 115 Å². The molecule has 5 heteroatoms. The maximum Gasteiger partial charge on any atom is 0.300 e. The maximum absolute atomic E-state index is 5.98. The van der Waals surface area contributed by atoms with Gasteiger partial charge in [-0.2, -0.15) is 4.98 Å². The molecular formula is C14H12ClN3O. The fraction of sp³-hybridized carbons (Fsp3) is 0.0714. The number of nitrogen functional groups attached to an aromatic ring is 1. The largest absolute Gasteiger partial charge is 0.423 e. The summed E-state index contributed by atoms with van der Waals surface area (Å²) in [6.45, 7) is 1.98. The number of hydrogen-bond donors (Lipinski definition) is 2. The Balaban J connectivity index is 2.01. The third-order valence-corrected chi connectivity index (χ3v) is 3.13. The number of nitrogens with two attached hydrogens (primary N) is 1. The van der Waals surface area contributed by atoms with Gasteiger partial charge in [0.1, 0.15) is 5.52 Å². The van der Waals surface area contributed by atoms with Crippen LogP contribution in [-0.2, 0) is 0 Å². The van der Waals surface area contributed by atoms with E-state index < -0.39 is 0 Å². The lowest BCUT2D eigenvalue weighted by Gasteiger charge is -2.05. The fourth-order valence-corrected chi connectivity index (χ4v) is 2.04. The molecule has 1 heterocycles. The second-order valence-electron chi connectivity index (χ2n) is 4.30.